The predicted octanol–water partition coefficient (Wildman–Crippen LogP) is 3.87. The van der Waals surface area contributed by atoms with Gasteiger partial charge in [-0.1, -0.05) is 29.8 Å². The molecule has 0 aliphatic carbocycles. The van der Waals surface area contributed by atoms with E-state index in [0.29, 0.717) is 5.75 Å². The molecule has 0 saturated heterocycles. The van der Waals surface area contributed by atoms with E-state index in [4.69, 9.17) is 10.5 Å². The monoisotopic (exact) mass is 277 g/mol. The van der Waals surface area contributed by atoms with Crippen LogP contribution in [0.25, 0.3) is 0 Å². The van der Waals surface area contributed by atoms with Crippen molar-refractivity contribution in [3.63, 3.8) is 0 Å². The second-order valence-corrected chi connectivity index (χ2v) is 4.83. The first-order valence-electron chi connectivity index (χ1n) is 6.41. The first-order valence-corrected chi connectivity index (χ1v) is 6.41. The van der Waals surface area contributed by atoms with Crippen molar-refractivity contribution in [3.8, 4) is 5.75 Å². The number of halogens is 2. The lowest BCUT2D eigenvalue weighted by atomic mass is 10.1. The van der Waals surface area contributed by atoms with E-state index in [-0.39, 0.29) is 18.2 Å². The molecule has 2 nitrogen and oxygen atoms in total. The lowest BCUT2D eigenvalue weighted by molar-refractivity contribution is 0.293. The normalized spacial score (nSPS) is 12.2. The molecule has 0 heterocycles. The van der Waals surface area contributed by atoms with Gasteiger partial charge in [0, 0.05) is 17.2 Å². The number of rotatable bonds is 4. The maximum atomic E-state index is 13.5. The quantitative estimate of drug-likeness (QED) is 0.920. The largest absolute Gasteiger partial charge is 0.488 e. The summed E-state index contributed by atoms with van der Waals surface area (Å²) < 4.78 is 32.3. The number of benzene rings is 2. The Kier molecular flexibility index (Phi) is 4.35. The third-order valence-electron chi connectivity index (χ3n) is 3.07. The van der Waals surface area contributed by atoms with E-state index in [1.807, 2.05) is 26.0 Å². The fourth-order valence-corrected chi connectivity index (χ4v) is 1.97. The van der Waals surface area contributed by atoms with E-state index >= 15 is 0 Å². The van der Waals surface area contributed by atoms with Gasteiger partial charge in [0.15, 0.2) is 11.6 Å². The topological polar surface area (TPSA) is 35.2 Å². The van der Waals surface area contributed by atoms with Crippen molar-refractivity contribution >= 4 is 0 Å². The van der Waals surface area contributed by atoms with E-state index < -0.39 is 11.6 Å². The summed E-state index contributed by atoms with van der Waals surface area (Å²) in [6.07, 6.45) is 0. The zero-order chi connectivity index (χ0) is 14.7. The number of aryl methyl sites for hydroxylation is 1. The van der Waals surface area contributed by atoms with Crippen LogP contribution in [0.15, 0.2) is 36.4 Å². The van der Waals surface area contributed by atoms with Crippen molar-refractivity contribution in [1.82, 2.24) is 0 Å². The molecule has 2 rings (SSSR count). The Balaban J connectivity index is 2.21. The standard InChI is InChI=1S/C16H17F2NO/c1-10-6-7-15(13(8-10)11(2)19)20-9-12-4-3-5-14(17)16(12)18/h3-8,11H,9,19H2,1-2H3/t11-/m0/s1. The Morgan fingerprint density at radius 3 is 2.65 bits per heavy atom. The van der Waals surface area contributed by atoms with Gasteiger partial charge in [-0.15, -0.1) is 0 Å². The minimum Gasteiger partial charge on any atom is -0.488 e. The van der Waals surface area contributed by atoms with Crippen molar-refractivity contribution in [2.45, 2.75) is 26.5 Å². The summed E-state index contributed by atoms with van der Waals surface area (Å²) in [4.78, 5) is 0. The van der Waals surface area contributed by atoms with E-state index in [1.165, 1.54) is 12.1 Å². The van der Waals surface area contributed by atoms with Crippen LogP contribution in [-0.4, -0.2) is 0 Å². The summed E-state index contributed by atoms with van der Waals surface area (Å²) in [5.41, 5.74) is 7.99. The van der Waals surface area contributed by atoms with E-state index in [1.54, 1.807) is 6.07 Å². The van der Waals surface area contributed by atoms with Crippen molar-refractivity contribution in [1.29, 1.82) is 0 Å². The van der Waals surface area contributed by atoms with Crippen molar-refractivity contribution < 1.29 is 13.5 Å². The molecule has 0 amide bonds. The smallest absolute Gasteiger partial charge is 0.165 e. The highest BCUT2D eigenvalue weighted by molar-refractivity contribution is 5.39. The molecule has 0 fully saturated rings. The second kappa shape index (κ2) is 6.01. The zero-order valence-corrected chi connectivity index (χ0v) is 11.5. The highest BCUT2D eigenvalue weighted by Gasteiger charge is 2.11. The molecule has 1 atom stereocenters. The molecule has 4 heteroatoms. The van der Waals surface area contributed by atoms with Gasteiger partial charge in [-0.3, -0.25) is 0 Å². The Hall–Kier alpha value is -1.94. The van der Waals surface area contributed by atoms with Gasteiger partial charge in [-0.05, 0) is 26.0 Å². The van der Waals surface area contributed by atoms with Gasteiger partial charge in [-0.25, -0.2) is 8.78 Å². The molecule has 0 aromatic heterocycles. The molecule has 2 aromatic rings. The van der Waals surface area contributed by atoms with Gasteiger partial charge >= 0.3 is 0 Å². The fraction of sp³-hybridized carbons (Fsp3) is 0.250. The lowest BCUT2D eigenvalue weighted by Crippen LogP contribution is -2.09. The van der Waals surface area contributed by atoms with Crippen LogP contribution in [0.1, 0.15) is 29.7 Å². The first-order chi connectivity index (χ1) is 9.49. The molecule has 106 valence electrons. The maximum absolute atomic E-state index is 13.5. The molecule has 20 heavy (non-hydrogen) atoms. The molecule has 0 spiro atoms. The van der Waals surface area contributed by atoms with Crippen LogP contribution in [-0.2, 0) is 6.61 Å². The third kappa shape index (κ3) is 3.14. The minimum absolute atomic E-state index is 0.0353. The van der Waals surface area contributed by atoms with E-state index in [9.17, 15) is 8.78 Å². The van der Waals surface area contributed by atoms with E-state index in [2.05, 4.69) is 0 Å². The van der Waals surface area contributed by atoms with Crippen LogP contribution in [0.5, 0.6) is 5.75 Å². The number of hydrogen-bond acceptors (Lipinski definition) is 2. The van der Waals surface area contributed by atoms with Gasteiger partial charge in [0.2, 0.25) is 0 Å². The van der Waals surface area contributed by atoms with Crippen LogP contribution in [0.4, 0.5) is 8.78 Å². The first kappa shape index (κ1) is 14.5. The highest BCUT2D eigenvalue weighted by Crippen LogP contribution is 2.26. The molecular formula is C16H17F2NO. The molecule has 0 radical (unpaired) electrons. The molecule has 0 aliphatic rings. The average Bonchev–Trinajstić information content (AvgIpc) is 2.41. The van der Waals surface area contributed by atoms with Crippen molar-refractivity contribution in [3.05, 3.63) is 64.7 Å². The average molecular weight is 277 g/mol. The lowest BCUT2D eigenvalue weighted by Gasteiger charge is -2.15. The summed E-state index contributed by atoms with van der Waals surface area (Å²) in [6, 6.07) is 9.47. The van der Waals surface area contributed by atoms with Crippen LogP contribution < -0.4 is 10.5 Å². The highest BCUT2D eigenvalue weighted by atomic mass is 19.2. The van der Waals surface area contributed by atoms with Crippen molar-refractivity contribution in [2.75, 3.05) is 0 Å². The molecule has 0 saturated carbocycles. The summed E-state index contributed by atoms with van der Waals surface area (Å²) >= 11 is 0. The number of hydrogen-bond donors (Lipinski definition) is 1. The molecule has 2 N–H and O–H groups in total. The SMILES string of the molecule is Cc1ccc(OCc2cccc(F)c2F)c([C@H](C)N)c1. The molecule has 0 bridgehead atoms. The fourth-order valence-electron chi connectivity index (χ4n) is 1.97. The van der Waals surface area contributed by atoms with E-state index in [0.717, 1.165) is 17.2 Å². The molecule has 0 unspecified atom stereocenters. The molecule has 0 aliphatic heterocycles. The summed E-state index contributed by atoms with van der Waals surface area (Å²) in [6.45, 7) is 3.78. The Bertz CT molecular complexity index is 611. The minimum atomic E-state index is -0.873. The summed E-state index contributed by atoms with van der Waals surface area (Å²) in [5, 5.41) is 0. The van der Waals surface area contributed by atoms with Gasteiger partial charge in [0.05, 0.1) is 0 Å². The summed E-state index contributed by atoms with van der Waals surface area (Å²) in [5.74, 6) is -1.15. The van der Waals surface area contributed by atoms with Crippen LogP contribution >= 0.6 is 0 Å². The van der Waals surface area contributed by atoms with Crippen LogP contribution in [0.3, 0.4) is 0 Å². The van der Waals surface area contributed by atoms with Crippen molar-refractivity contribution in [2.24, 2.45) is 5.73 Å². The zero-order valence-electron chi connectivity index (χ0n) is 11.5. The summed E-state index contributed by atoms with van der Waals surface area (Å²) in [7, 11) is 0. The van der Waals surface area contributed by atoms with Gasteiger partial charge in [0.1, 0.15) is 12.4 Å². The van der Waals surface area contributed by atoms with Crippen LogP contribution in [0.2, 0.25) is 0 Å². The van der Waals surface area contributed by atoms with Gasteiger partial charge in [0.25, 0.3) is 0 Å². The number of nitrogens with two attached hydrogens (primary N) is 1. The molecular weight excluding hydrogens is 260 g/mol. The maximum Gasteiger partial charge on any atom is 0.165 e. The van der Waals surface area contributed by atoms with Crippen LogP contribution in [0, 0.1) is 18.6 Å². The predicted molar refractivity (Wildman–Crippen MR) is 74.5 cm³/mol. The Morgan fingerprint density at radius 2 is 1.95 bits per heavy atom. The Labute approximate surface area is 117 Å². The van der Waals surface area contributed by atoms with Gasteiger partial charge < -0.3 is 10.5 Å². The molecule has 2 aromatic carbocycles. The number of ether oxygens (including phenoxy) is 1. The van der Waals surface area contributed by atoms with Gasteiger partial charge in [-0.2, -0.15) is 0 Å². The second-order valence-electron chi connectivity index (χ2n) is 4.83. The Morgan fingerprint density at radius 1 is 1.20 bits per heavy atom. The third-order valence-corrected chi connectivity index (χ3v) is 3.07.